The Bertz CT molecular complexity index is 681. The van der Waals surface area contributed by atoms with Gasteiger partial charge < -0.3 is 10.1 Å². The highest BCUT2D eigenvalue weighted by molar-refractivity contribution is 5.94. The van der Waals surface area contributed by atoms with E-state index in [1.165, 1.54) is 5.56 Å². The van der Waals surface area contributed by atoms with E-state index >= 15 is 0 Å². The lowest BCUT2D eigenvalue weighted by Crippen LogP contribution is -2.49. The zero-order chi connectivity index (χ0) is 17.5. The van der Waals surface area contributed by atoms with Crippen LogP contribution in [0.25, 0.3) is 0 Å². The first-order chi connectivity index (χ1) is 12.2. The summed E-state index contributed by atoms with van der Waals surface area (Å²) in [6.45, 7) is 5.99. The molecule has 25 heavy (non-hydrogen) atoms. The number of hydrogen-bond acceptors (Lipinski definition) is 3. The Kier molecular flexibility index (Phi) is 6.20. The van der Waals surface area contributed by atoms with Crippen molar-refractivity contribution < 1.29 is 9.53 Å². The van der Waals surface area contributed by atoms with E-state index in [-0.39, 0.29) is 11.9 Å². The van der Waals surface area contributed by atoms with Crippen LogP contribution in [0, 0.1) is 6.92 Å². The zero-order valence-electron chi connectivity index (χ0n) is 14.8. The van der Waals surface area contributed by atoms with Crippen molar-refractivity contribution in [3.8, 4) is 0 Å². The van der Waals surface area contributed by atoms with Gasteiger partial charge in [-0.05, 0) is 31.0 Å². The van der Waals surface area contributed by atoms with Crippen LogP contribution in [0.4, 0.5) is 0 Å². The predicted octanol–water partition coefficient (Wildman–Crippen LogP) is 2.67. The third kappa shape index (κ3) is 5.15. The summed E-state index contributed by atoms with van der Waals surface area (Å²) in [4.78, 5) is 14.9. The van der Waals surface area contributed by atoms with Crippen LogP contribution < -0.4 is 5.32 Å². The average Bonchev–Trinajstić information content (AvgIpc) is 2.66. The average molecular weight is 338 g/mol. The summed E-state index contributed by atoms with van der Waals surface area (Å²) in [5.74, 6) is -0.00461. The van der Waals surface area contributed by atoms with Gasteiger partial charge in [-0.25, -0.2) is 0 Å². The molecule has 4 heteroatoms. The first-order valence-electron chi connectivity index (χ1n) is 8.93. The number of nitrogens with zero attached hydrogens (tertiary/aromatic N) is 1. The van der Waals surface area contributed by atoms with Crippen LogP contribution in [0.15, 0.2) is 54.6 Å². The molecule has 0 saturated carbocycles. The molecule has 2 aromatic rings. The summed E-state index contributed by atoms with van der Waals surface area (Å²) in [5, 5.41) is 3.12. The maximum atomic E-state index is 12.5. The number of ether oxygens (including phenoxy) is 1. The molecule has 4 nitrogen and oxygen atoms in total. The van der Waals surface area contributed by atoms with Gasteiger partial charge in [0.2, 0.25) is 0 Å². The maximum Gasteiger partial charge on any atom is 0.251 e. The molecule has 3 rings (SSSR count). The quantitative estimate of drug-likeness (QED) is 0.880. The molecular formula is C21H26N2O2. The Balaban J connectivity index is 1.65. The highest BCUT2D eigenvalue weighted by atomic mass is 16.5. The molecule has 1 fully saturated rings. The molecule has 132 valence electrons. The number of hydrogen-bond donors (Lipinski definition) is 1. The van der Waals surface area contributed by atoms with Gasteiger partial charge in [0, 0.05) is 31.2 Å². The topological polar surface area (TPSA) is 41.6 Å². The van der Waals surface area contributed by atoms with E-state index in [9.17, 15) is 4.79 Å². The summed E-state index contributed by atoms with van der Waals surface area (Å²) in [6, 6.07) is 18.5. The third-order valence-corrected chi connectivity index (χ3v) is 4.65. The molecule has 0 aromatic heterocycles. The second kappa shape index (κ2) is 8.79. The highest BCUT2D eigenvalue weighted by Gasteiger charge is 2.22. The molecule has 0 bridgehead atoms. The van der Waals surface area contributed by atoms with E-state index in [0.29, 0.717) is 6.54 Å². The summed E-state index contributed by atoms with van der Waals surface area (Å²) < 4.78 is 5.48. The van der Waals surface area contributed by atoms with E-state index in [1.54, 1.807) is 0 Å². The second-order valence-corrected chi connectivity index (χ2v) is 6.57. The minimum absolute atomic E-state index is 0.00461. The van der Waals surface area contributed by atoms with Crippen molar-refractivity contribution >= 4 is 5.91 Å². The van der Waals surface area contributed by atoms with Crippen LogP contribution >= 0.6 is 0 Å². The van der Waals surface area contributed by atoms with Crippen LogP contribution in [0.3, 0.4) is 0 Å². The Morgan fingerprint density at radius 1 is 1.12 bits per heavy atom. The predicted molar refractivity (Wildman–Crippen MR) is 99.8 cm³/mol. The Morgan fingerprint density at radius 3 is 2.60 bits per heavy atom. The second-order valence-electron chi connectivity index (χ2n) is 6.57. The lowest BCUT2D eigenvalue weighted by Gasteiger charge is -2.34. The van der Waals surface area contributed by atoms with Gasteiger partial charge in [-0.15, -0.1) is 0 Å². The van der Waals surface area contributed by atoms with E-state index in [4.69, 9.17) is 4.74 Å². The van der Waals surface area contributed by atoms with Crippen LogP contribution in [0.2, 0.25) is 0 Å². The standard InChI is InChI=1S/C21H26N2O2/c1-17-6-5-9-19(14-17)21(24)22-16-20(23-10-12-25-13-11-23)15-18-7-3-2-4-8-18/h2-9,14,20H,10-13,15-16H2,1H3,(H,22,24). The van der Waals surface area contributed by atoms with Crippen molar-refractivity contribution in [2.24, 2.45) is 0 Å². The fourth-order valence-corrected chi connectivity index (χ4v) is 3.26. The molecule has 2 aromatic carbocycles. The summed E-state index contributed by atoms with van der Waals surface area (Å²) in [6.07, 6.45) is 0.926. The molecule has 1 saturated heterocycles. The van der Waals surface area contributed by atoms with Crippen molar-refractivity contribution in [3.05, 3.63) is 71.3 Å². The Hall–Kier alpha value is -2.17. The third-order valence-electron chi connectivity index (χ3n) is 4.65. The van der Waals surface area contributed by atoms with Crippen LogP contribution in [0.5, 0.6) is 0 Å². The van der Waals surface area contributed by atoms with Gasteiger partial charge in [0.1, 0.15) is 0 Å². The summed E-state index contributed by atoms with van der Waals surface area (Å²) in [7, 11) is 0. The molecule has 1 heterocycles. The van der Waals surface area contributed by atoms with Gasteiger partial charge in [0.25, 0.3) is 5.91 Å². The maximum absolute atomic E-state index is 12.5. The summed E-state index contributed by atoms with van der Waals surface area (Å²) in [5.41, 5.74) is 3.12. The van der Waals surface area contributed by atoms with Gasteiger partial charge in [0.05, 0.1) is 13.2 Å². The molecule has 0 radical (unpaired) electrons. The molecular weight excluding hydrogens is 312 g/mol. The van der Waals surface area contributed by atoms with Crippen molar-refractivity contribution in [2.45, 2.75) is 19.4 Å². The number of benzene rings is 2. The number of carbonyl (C=O) groups excluding carboxylic acids is 1. The highest BCUT2D eigenvalue weighted by Crippen LogP contribution is 2.11. The van der Waals surface area contributed by atoms with Gasteiger partial charge >= 0.3 is 0 Å². The molecule has 1 atom stereocenters. The fourth-order valence-electron chi connectivity index (χ4n) is 3.26. The van der Waals surface area contributed by atoms with Gasteiger partial charge in [-0.2, -0.15) is 0 Å². The number of carbonyl (C=O) groups is 1. The van der Waals surface area contributed by atoms with Crippen molar-refractivity contribution in [1.29, 1.82) is 0 Å². The molecule has 1 amide bonds. The number of morpholine rings is 1. The van der Waals surface area contributed by atoms with E-state index in [0.717, 1.165) is 43.9 Å². The normalized spacial score (nSPS) is 16.4. The minimum Gasteiger partial charge on any atom is -0.379 e. The van der Waals surface area contributed by atoms with Crippen LogP contribution in [0.1, 0.15) is 21.5 Å². The van der Waals surface area contributed by atoms with Crippen molar-refractivity contribution in [3.63, 3.8) is 0 Å². The van der Waals surface area contributed by atoms with E-state index < -0.39 is 0 Å². The van der Waals surface area contributed by atoms with Crippen molar-refractivity contribution in [1.82, 2.24) is 10.2 Å². The monoisotopic (exact) mass is 338 g/mol. The lowest BCUT2D eigenvalue weighted by molar-refractivity contribution is 0.0167. The van der Waals surface area contributed by atoms with Gasteiger partial charge in [-0.3, -0.25) is 9.69 Å². The van der Waals surface area contributed by atoms with E-state index in [2.05, 4.69) is 34.5 Å². The molecule has 1 aliphatic rings. The smallest absolute Gasteiger partial charge is 0.251 e. The lowest BCUT2D eigenvalue weighted by atomic mass is 10.0. The zero-order valence-corrected chi connectivity index (χ0v) is 14.8. The van der Waals surface area contributed by atoms with Crippen LogP contribution in [-0.4, -0.2) is 49.7 Å². The first-order valence-corrected chi connectivity index (χ1v) is 8.93. The summed E-state index contributed by atoms with van der Waals surface area (Å²) >= 11 is 0. The largest absolute Gasteiger partial charge is 0.379 e. The number of amides is 1. The molecule has 1 N–H and O–H groups in total. The molecule has 0 aliphatic carbocycles. The number of aryl methyl sites for hydroxylation is 1. The fraction of sp³-hybridized carbons (Fsp3) is 0.381. The molecule has 0 spiro atoms. The van der Waals surface area contributed by atoms with Gasteiger partial charge in [0.15, 0.2) is 0 Å². The van der Waals surface area contributed by atoms with E-state index in [1.807, 2.05) is 37.3 Å². The van der Waals surface area contributed by atoms with Crippen LogP contribution in [-0.2, 0) is 11.2 Å². The number of rotatable bonds is 6. The minimum atomic E-state index is -0.00461. The Morgan fingerprint density at radius 2 is 1.88 bits per heavy atom. The number of nitrogens with one attached hydrogen (secondary N) is 1. The van der Waals surface area contributed by atoms with Crippen molar-refractivity contribution in [2.75, 3.05) is 32.8 Å². The first kappa shape index (κ1) is 17.6. The SMILES string of the molecule is Cc1cccc(C(=O)NCC(Cc2ccccc2)N2CCOCC2)c1. The Labute approximate surface area is 149 Å². The van der Waals surface area contributed by atoms with Gasteiger partial charge in [-0.1, -0.05) is 48.0 Å². The molecule has 1 aliphatic heterocycles. The molecule has 1 unspecified atom stereocenters.